The van der Waals surface area contributed by atoms with Crippen LogP contribution in [0.2, 0.25) is 0 Å². The lowest BCUT2D eigenvalue weighted by molar-refractivity contribution is 0.112. The third-order valence-corrected chi connectivity index (χ3v) is 5.25. The summed E-state index contributed by atoms with van der Waals surface area (Å²) in [6.45, 7) is 8.87. The van der Waals surface area contributed by atoms with E-state index in [1.165, 1.54) is 38.1 Å². The van der Waals surface area contributed by atoms with Crippen LogP contribution in [0, 0.1) is 0 Å². The van der Waals surface area contributed by atoms with Crippen molar-refractivity contribution in [1.82, 2.24) is 0 Å². The molecule has 0 atom stereocenters. The molecule has 0 saturated heterocycles. The Bertz CT molecular complexity index is 1070. The van der Waals surface area contributed by atoms with Gasteiger partial charge >= 0.3 is 0 Å². The van der Waals surface area contributed by atoms with Crippen molar-refractivity contribution in [3.8, 4) is 0 Å². The molecule has 0 N–H and O–H groups in total. The molecule has 0 heterocycles. The van der Waals surface area contributed by atoms with Crippen LogP contribution in [0.5, 0.6) is 0 Å². The molecular formula is C23H22O. The SMILES string of the molecule is CC(C)c1ccc2ccc3c(C(C)C)cc(C=O)c4ccc1c2c43. The van der Waals surface area contributed by atoms with Crippen molar-refractivity contribution in [3.05, 3.63) is 59.2 Å². The lowest BCUT2D eigenvalue weighted by atomic mass is 9.84. The first-order chi connectivity index (χ1) is 11.5. The highest BCUT2D eigenvalue weighted by molar-refractivity contribution is 6.26. The first-order valence-electron chi connectivity index (χ1n) is 8.72. The Morgan fingerprint density at radius 3 is 1.96 bits per heavy atom. The Labute approximate surface area is 142 Å². The third-order valence-electron chi connectivity index (χ3n) is 5.25. The van der Waals surface area contributed by atoms with Gasteiger partial charge in [-0.25, -0.2) is 0 Å². The van der Waals surface area contributed by atoms with E-state index < -0.39 is 0 Å². The molecule has 0 fully saturated rings. The fourth-order valence-electron chi connectivity index (χ4n) is 4.05. The maximum atomic E-state index is 11.7. The second-order valence-corrected chi connectivity index (χ2v) is 7.38. The molecule has 0 unspecified atom stereocenters. The lowest BCUT2D eigenvalue weighted by Gasteiger charge is -2.19. The normalized spacial score (nSPS) is 12.2. The zero-order chi connectivity index (χ0) is 17.0. The van der Waals surface area contributed by atoms with Crippen LogP contribution in [0.4, 0.5) is 0 Å². The Balaban J connectivity index is 2.32. The van der Waals surface area contributed by atoms with Gasteiger partial charge in [-0.05, 0) is 61.3 Å². The van der Waals surface area contributed by atoms with Crippen molar-refractivity contribution in [2.75, 3.05) is 0 Å². The van der Waals surface area contributed by atoms with Gasteiger partial charge in [-0.15, -0.1) is 0 Å². The Kier molecular flexibility index (Phi) is 3.35. The van der Waals surface area contributed by atoms with Crippen molar-refractivity contribution >= 4 is 38.6 Å². The lowest BCUT2D eigenvalue weighted by Crippen LogP contribution is -1.98. The monoisotopic (exact) mass is 314 g/mol. The minimum atomic E-state index is 0.387. The number of rotatable bonds is 3. The molecule has 0 radical (unpaired) electrons. The van der Waals surface area contributed by atoms with E-state index in [2.05, 4.69) is 70.2 Å². The van der Waals surface area contributed by atoms with E-state index in [-0.39, 0.29) is 0 Å². The average Bonchev–Trinajstić information content (AvgIpc) is 2.58. The summed E-state index contributed by atoms with van der Waals surface area (Å²) in [5.74, 6) is 0.863. The van der Waals surface area contributed by atoms with Gasteiger partial charge < -0.3 is 0 Å². The van der Waals surface area contributed by atoms with Crippen molar-refractivity contribution < 1.29 is 4.79 Å². The summed E-state index contributed by atoms with van der Waals surface area (Å²) in [4.78, 5) is 11.7. The highest BCUT2D eigenvalue weighted by Gasteiger charge is 2.17. The van der Waals surface area contributed by atoms with Crippen molar-refractivity contribution in [2.45, 2.75) is 39.5 Å². The molecule has 4 aromatic carbocycles. The second kappa shape index (κ2) is 5.31. The van der Waals surface area contributed by atoms with Gasteiger partial charge in [-0.3, -0.25) is 4.79 Å². The minimum absolute atomic E-state index is 0.387. The van der Waals surface area contributed by atoms with Crippen LogP contribution in [0.1, 0.15) is 61.0 Å². The van der Waals surface area contributed by atoms with Gasteiger partial charge in [0.1, 0.15) is 0 Å². The van der Waals surface area contributed by atoms with E-state index in [0.717, 1.165) is 17.2 Å². The van der Waals surface area contributed by atoms with Gasteiger partial charge in [0.25, 0.3) is 0 Å². The molecule has 0 saturated carbocycles. The fourth-order valence-corrected chi connectivity index (χ4v) is 4.05. The van der Waals surface area contributed by atoms with Crippen molar-refractivity contribution in [1.29, 1.82) is 0 Å². The van der Waals surface area contributed by atoms with Gasteiger partial charge in [0.15, 0.2) is 6.29 Å². The largest absolute Gasteiger partial charge is 0.298 e. The standard InChI is InChI=1S/C23H22O/c1-13(2)17-7-5-15-6-8-20-21(14(3)4)11-16(12-24)18-9-10-19(17)22(15)23(18)20/h5-14H,1-4H3. The smallest absolute Gasteiger partial charge is 0.150 e. The van der Waals surface area contributed by atoms with Crippen LogP contribution in [0.15, 0.2) is 42.5 Å². The molecule has 1 heteroatoms. The quantitative estimate of drug-likeness (QED) is 0.306. The molecule has 0 aliphatic carbocycles. The van der Waals surface area contributed by atoms with Gasteiger partial charge in [0.05, 0.1) is 0 Å². The third kappa shape index (κ3) is 1.97. The van der Waals surface area contributed by atoms with Gasteiger partial charge in [0, 0.05) is 5.56 Å². The average molecular weight is 314 g/mol. The van der Waals surface area contributed by atoms with Gasteiger partial charge in [-0.2, -0.15) is 0 Å². The van der Waals surface area contributed by atoms with Gasteiger partial charge in [0.2, 0.25) is 0 Å². The summed E-state index contributed by atoms with van der Waals surface area (Å²) in [6.07, 6.45) is 1.00. The highest BCUT2D eigenvalue weighted by atomic mass is 16.1. The van der Waals surface area contributed by atoms with E-state index in [9.17, 15) is 4.79 Å². The van der Waals surface area contributed by atoms with Crippen LogP contribution in [-0.4, -0.2) is 6.29 Å². The molecule has 0 aliphatic heterocycles. The number of benzene rings is 4. The molecule has 0 bridgehead atoms. The van der Waals surface area contributed by atoms with E-state index >= 15 is 0 Å². The Morgan fingerprint density at radius 2 is 1.29 bits per heavy atom. The number of hydrogen-bond acceptors (Lipinski definition) is 1. The predicted octanol–water partition coefficient (Wildman–Crippen LogP) is 6.64. The summed E-state index contributed by atoms with van der Waals surface area (Å²) in [6, 6.07) is 15.3. The van der Waals surface area contributed by atoms with E-state index in [1.807, 2.05) is 0 Å². The number of carbonyl (C=O) groups excluding carboxylic acids is 1. The molecule has 0 aliphatic rings. The highest BCUT2D eigenvalue weighted by Crippen LogP contribution is 2.41. The van der Waals surface area contributed by atoms with Crippen LogP contribution in [0.3, 0.4) is 0 Å². The van der Waals surface area contributed by atoms with E-state index in [4.69, 9.17) is 0 Å². The summed E-state index contributed by atoms with van der Waals surface area (Å²) in [7, 11) is 0. The van der Waals surface area contributed by atoms with Crippen molar-refractivity contribution in [3.63, 3.8) is 0 Å². The van der Waals surface area contributed by atoms with Crippen LogP contribution in [0.25, 0.3) is 32.3 Å². The Hall–Kier alpha value is -2.41. The maximum absolute atomic E-state index is 11.7. The molecule has 24 heavy (non-hydrogen) atoms. The first-order valence-corrected chi connectivity index (χ1v) is 8.72. The summed E-state index contributed by atoms with van der Waals surface area (Å²) in [5.41, 5.74) is 3.43. The molecule has 0 spiro atoms. The first kappa shape index (κ1) is 15.1. The molecule has 120 valence electrons. The number of carbonyl (C=O) groups is 1. The predicted molar refractivity (Wildman–Crippen MR) is 104 cm³/mol. The summed E-state index contributed by atoms with van der Waals surface area (Å²) >= 11 is 0. The number of aldehydes is 1. The zero-order valence-electron chi connectivity index (χ0n) is 14.7. The van der Waals surface area contributed by atoms with Crippen molar-refractivity contribution in [2.24, 2.45) is 0 Å². The second-order valence-electron chi connectivity index (χ2n) is 7.38. The fraction of sp³-hybridized carbons (Fsp3) is 0.261. The maximum Gasteiger partial charge on any atom is 0.150 e. The zero-order valence-corrected chi connectivity index (χ0v) is 14.7. The molecule has 0 aromatic heterocycles. The van der Waals surface area contributed by atoms with Crippen LogP contribution < -0.4 is 0 Å². The van der Waals surface area contributed by atoms with E-state index in [1.54, 1.807) is 0 Å². The number of hydrogen-bond donors (Lipinski definition) is 0. The Morgan fingerprint density at radius 1 is 0.708 bits per heavy atom. The summed E-state index contributed by atoms with van der Waals surface area (Å²) in [5, 5.41) is 7.49. The molecule has 1 nitrogen and oxygen atoms in total. The van der Waals surface area contributed by atoms with Crippen LogP contribution >= 0.6 is 0 Å². The molecular weight excluding hydrogens is 292 g/mol. The van der Waals surface area contributed by atoms with Crippen LogP contribution in [-0.2, 0) is 0 Å². The van der Waals surface area contributed by atoms with Gasteiger partial charge in [-0.1, -0.05) is 64.1 Å². The summed E-state index contributed by atoms with van der Waals surface area (Å²) < 4.78 is 0. The molecule has 4 aromatic rings. The molecule has 0 amide bonds. The molecule has 4 rings (SSSR count). The topological polar surface area (TPSA) is 17.1 Å². The minimum Gasteiger partial charge on any atom is -0.298 e. The van der Waals surface area contributed by atoms with E-state index in [0.29, 0.717) is 11.8 Å².